The largest absolute Gasteiger partial charge is 0.456 e. The predicted molar refractivity (Wildman–Crippen MR) is 71.3 cm³/mol. The molecule has 0 bridgehead atoms. The molecule has 0 saturated carbocycles. The summed E-state index contributed by atoms with van der Waals surface area (Å²) < 4.78 is 115. The topological polar surface area (TPSA) is 52.6 Å². The quantitative estimate of drug-likeness (QED) is 0.337. The zero-order valence-corrected chi connectivity index (χ0v) is 13.4. The summed E-state index contributed by atoms with van der Waals surface area (Å²) in [5.41, 5.74) is 0. The van der Waals surface area contributed by atoms with E-state index in [9.17, 15) is 44.7 Å². The van der Waals surface area contributed by atoms with Crippen LogP contribution in [-0.2, 0) is 19.1 Å². The molecule has 0 aliphatic carbocycles. The van der Waals surface area contributed by atoms with Gasteiger partial charge in [0.2, 0.25) is 0 Å². The zero-order chi connectivity index (χ0) is 20.8. The standard InChI is InChI=1S/C14H14F8O4/c1-3-5-9(23)25-7-11(15,16)13(19,20)14(21,22)12(17,18)8-26-10(24)6-4-2/h3-6H,7-8H2,1-2H3. The molecule has 0 unspecified atom stereocenters. The summed E-state index contributed by atoms with van der Waals surface area (Å²) in [7, 11) is 0. The maximum Gasteiger partial charge on any atom is 0.381 e. The molecule has 0 heterocycles. The number of rotatable bonds is 9. The van der Waals surface area contributed by atoms with Gasteiger partial charge in [-0.05, 0) is 13.8 Å². The zero-order valence-electron chi connectivity index (χ0n) is 13.4. The molecule has 0 aromatic rings. The van der Waals surface area contributed by atoms with Crippen molar-refractivity contribution in [2.75, 3.05) is 13.2 Å². The summed E-state index contributed by atoms with van der Waals surface area (Å²) in [6, 6.07) is 0. The number of hydrogen-bond acceptors (Lipinski definition) is 4. The van der Waals surface area contributed by atoms with Crippen LogP contribution in [-0.4, -0.2) is 48.8 Å². The van der Waals surface area contributed by atoms with E-state index in [1.54, 1.807) is 0 Å². The number of carbonyl (C=O) groups is 2. The summed E-state index contributed by atoms with van der Waals surface area (Å²) in [5, 5.41) is 0. The molecule has 0 rings (SSSR count). The van der Waals surface area contributed by atoms with E-state index in [4.69, 9.17) is 0 Å². The highest BCUT2D eigenvalue weighted by molar-refractivity contribution is 5.82. The van der Waals surface area contributed by atoms with E-state index in [0.29, 0.717) is 12.2 Å². The molecule has 26 heavy (non-hydrogen) atoms. The fourth-order valence-electron chi connectivity index (χ4n) is 1.33. The van der Waals surface area contributed by atoms with Gasteiger partial charge in [-0.25, -0.2) is 9.59 Å². The minimum Gasteiger partial charge on any atom is -0.456 e. The molecule has 4 nitrogen and oxygen atoms in total. The van der Waals surface area contributed by atoms with E-state index < -0.39 is 48.8 Å². The second-order valence-corrected chi connectivity index (χ2v) is 4.77. The van der Waals surface area contributed by atoms with Crippen molar-refractivity contribution in [2.45, 2.75) is 37.5 Å². The van der Waals surface area contributed by atoms with E-state index in [1.165, 1.54) is 13.8 Å². The van der Waals surface area contributed by atoms with Gasteiger partial charge in [-0.2, -0.15) is 35.1 Å². The van der Waals surface area contributed by atoms with Gasteiger partial charge in [-0.1, -0.05) is 12.2 Å². The molecule has 0 radical (unpaired) electrons. The summed E-state index contributed by atoms with van der Waals surface area (Å²) in [5.74, 6) is -28.1. The number of esters is 2. The van der Waals surface area contributed by atoms with Crippen LogP contribution in [0.25, 0.3) is 0 Å². The molecule has 0 N–H and O–H groups in total. The number of halogens is 8. The van der Waals surface area contributed by atoms with Crippen LogP contribution in [0.1, 0.15) is 13.8 Å². The molecule has 0 saturated heterocycles. The summed E-state index contributed by atoms with van der Waals surface area (Å²) in [6.07, 6.45) is 2.98. The van der Waals surface area contributed by atoms with Crippen LogP contribution < -0.4 is 0 Å². The van der Waals surface area contributed by atoms with Gasteiger partial charge in [-0.3, -0.25) is 0 Å². The van der Waals surface area contributed by atoms with Gasteiger partial charge in [0.15, 0.2) is 13.2 Å². The van der Waals surface area contributed by atoms with E-state index in [1.807, 2.05) is 0 Å². The Morgan fingerprint density at radius 3 is 1.19 bits per heavy atom. The molecule has 0 atom stereocenters. The summed E-state index contributed by atoms with van der Waals surface area (Å²) in [6.45, 7) is -2.68. The number of allylic oxidation sites excluding steroid dienone is 2. The van der Waals surface area contributed by atoms with Crippen LogP contribution in [0.2, 0.25) is 0 Å². The third-order valence-electron chi connectivity index (χ3n) is 2.71. The van der Waals surface area contributed by atoms with Crippen LogP contribution >= 0.6 is 0 Å². The highest BCUT2D eigenvalue weighted by atomic mass is 19.4. The molecule has 150 valence electrons. The first-order valence-electron chi connectivity index (χ1n) is 6.76. The molecular formula is C14H14F8O4. The average Bonchev–Trinajstić information content (AvgIpc) is 2.51. The van der Waals surface area contributed by atoms with Crippen LogP contribution in [0.15, 0.2) is 24.3 Å². The SMILES string of the molecule is CC=CC(=O)OCC(F)(F)C(F)(F)C(F)(F)C(F)(F)COC(=O)C=CC. The van der Waals surface area contributed by atoms with E-state index in [2.05, 4.69) is 9.47 Å². The van der Waals surface area contributed by atoms with E-state index in [0.717, 1.165) is 12.2 Å². The van der Waals surface area contributed by atoms with Gasteiger partial charge >= 0.3 is 35.6 Å². The van der Waals surface area contributed by atoms with Crippen molar-refractivity contribution < 1.29 is 54.2 Å². The lowest BCUT2D eigenvalue weighted by Gasteiger charge is -2.36. The van der Waals surface area contributed by atoms with E-state index >= 15 is 0 Å². The lowest BCUT2D eigenvalue weighted by Crippen LogP contribution is -2.64. The fraction of sp³-hybridized carbons (Fsp3) is 0.571. The lowest BCUT2D eigenvalue weighted by atomic mass is 9.99. The molecule has 0 aromatic carbocycles. The van der Waals surface area contributed by atoms with Crippen LogP contribution in [0.5, 0.6) is 0 Å². The number of alkyl halides is 8. The molecule has 0 aromatic heterocycles. The van der Waals surface area contributed by atoms with Crippen molar-refractivity contribution in [1.29, 1.82) is 0 Å². The maximum atomic E-state index is 13.4. The fourth-order valence-corrected chi connectivity index (χ4v) is 1.33. The first-order chi connectivity index (χ1) is 11.7. The number of hydrogen-bond donors (Lipinski definition) is 0. The predicted octanol–water partition coefficient (Wildman–Crippen LogP) is 3.77. The summed E-state index contributed by atoms with van der Waals surface area (Å²) in [4.78, 5) is 21.6. The van der Waals surface area contributed by atoms with Crippen molar-refractivity contribution in [3.63, 3.8) is 0 Å². The Bertz CT molecular complexity index is 519. The van der Waals surface area contributed by atoms with Gasteiger partial charge < -0.3 is 9.47 Å². The Labute approximate surface area is 142 Å². The highest BCUT2D eigenvalue weighted by Gasteiger charge is 2.81. The van der Waals surface area contributed by atoms with Gasteiger partial charge in [0.25, 0.3) is 0 Å². The Balaban J connectivity index is 5.41. The van der Waals surface area contributed by atoms with Crippen molar-refractivity contribution in [1.82, 2.24) is 0 Å². The minimum atomic E-state index is -6.63. The molecule has 0 aliphatic rings. The molecule has 0 spiro atoms. The minimum absolute atomic E-state index is 0.516. The Kier molecular flexibility index (Phi) is 7.80. The lowest BCUT2D eigenvalue weighted by molar-refractivity contribution is -0.374. The van der Waals surface area contributed by atoms with Crippen LogP contribution in [0.4, 0.5) is 35.1 Å². The first-order valence-corrected chi connectivity index (χ1v) is 6.76. The molecule has 0 aliphatic heterocycles. The molecule has 0 amide bonds. The summed E-state index contributed by atoms with van der Waals surface area (Å²) >= 11 is 0. The van der Waals surface area contributed by atoms with Crippen LogP contribution in [0.3, 0.4) is 0 Å². The van der Waals surface area contributed by atoms with Gasteiger partial charge in [0.1, 0.15) is 0 Å². The van der Waals surface area contributed by atoms with Gasteiger partial charge in [0, 0.05) is 12.2 Å². The van der Waals surface area contributed by atoms with Gasteiger partial charge in [0.05, 0.1) is 0 Å². The Morgan fingerprint density at radius 1 is 0.692 bits per heavy atom. The van der Waals surface area contributed by atoms with Gasteiger partial charge in [-0.15, -0.1) is 0 Å². The monoisotopic (exact) mass is 398 g/mol. The van der Waals surface area contributed by atoms with Crippen molar-refractivity contribution in [3.8, 4) is 0 Å². The Hall–Kier alpha value is -2.14. The highest BCUT2D eigenvalue weighted by Crippen LogP contribution is 2.52. The smallest absolute Gasteiger partial charge is 0.381 e. The second kappa shape index (κ2) is 8.49. The van der Waals surface area contributed by atoms with E-state index in [-0.39, 0.29) is 0 Å². The van der Waals surface area contributed by atoms with Crippen molar-refractivity contribution in [2.24, 2.45) is 0 Å². The number of ether oxygens (including phenoxy) is 2. The molecular weight excluding hydrogens is 384 g/mol. The second-order valence-electron chi connectivity index (χ2n) is 4.77. The molecule has 12 heteroatoms. The first kappa shape index (κ1) is 23.9. The molecule has 0 fully saturated rings. The third-order valence-corrected chi connectivity index (χ3v) is 2.71. The maximum absolute atomic E-state index is 13.4. The average molecular weight is 398 g/mol. The Morgan fingerprint density at radius 2 is 0.962 bits per heavy atom. The number of carbonyl (C=O) groups excluding carboxylic acids is 2. The normalized spacial score (nSPS) is 14.1. The van der Waals surface area contributed by atoms with Crippen molar-refractivity contribution in [3.05, 3.63) is 24.3 Å². The van der Waals surface area contributed by atoms with Crippen molar-refractivity contribution >= 4 is 11.9 Å². The third kappa shape index (κ3) is 5.18. The van der Waals surface area contributed by atoms with Crippen LogP contribution in [0, 0.1) is 0 Å².